The van der Waals surface area contributed by atoms with Gasteiger partial charge in [-0.25, -0.2) is 0 Å². The molecule has 0 aromatic carbocycles. The highest BCUT2D eigenvalue weighted by atomic mass is 35.5. The molecule has 3 rings (SSSR count). The van der Waals surface area contributed by atoms with Crippen molar-refractivity contribution in [3.05, 3.63) is 36.1 Å². The van der Waals surface area contributed by atoms with Crippen LogP contribution in [0.5, 0.6) is 0 Å². The van der Waals surface area contributed by atoms with Gasteiger partial charge in [0, 0.05) is 6.42 Å². The minimum atomic E-state index is -3.02. The van der Waals surface area contributed by atoms with Crippen molar-refractivity contribution in [3.63, 3.8) is 0 Å². The molecule has 0 saturated carbocycles. The van der Waals surface area contributed by atoms with Crippen molar-refractivity contribution >= 4 is 8.80 Å². The van der Waals surface area contributed by atoms with E-state index >= 15 is 0 Å². The van der Waals surface area contributed by atoms with Crippen molar-refractivity contribution in [2.75, 3.05) is 47.0 Å². The van der Waals surface area contributed by atoms with Crippen LogP contribution in [-0.4, -0.2) is 60.3 Å². The summed E-state index contributed by atoms with van der Waals surface area (Å²) in [5, 5.41) is 0. The number of nitrogens with zero attached hydrogens (tertiary/aromatic N) is 1. The Morgan fingerprint density at radius 3 is 1.22 bits per heavy atom. The number of epoxide rings is 3. The van der Waals surface area contributed by atoms with Crippen molar-refractivity contribution in [1.29, 1.82) is 0 Å². The average Bonchev–Trinajstić information content (AvgIpc) is 3.79. The monoisotopic (exact) mass is 615 g/mol. The molecule has 3 aliphatic rings. The van der Waals surface area contributed by atoms with E-state index in [0.717, 1.165) is 34.7 Å². The van der Waals surface area contributed by atoms with E-state index in [1.807, 2.05) is 0 Å². The Bertz CT molecular complexity index is 725. The second-order valence-corrected chi connectivity index (χ2v) is 15.0. The van der Waals surface area contributed by atoms with Crippen LogP contribution in [0.3, 0.4) is 0 Å². The van der Waals surface area contributed by atoms with E-state index in [0.29, 0.717) is 25.9 Å². The van der Waals surface area contributed by atoms with Crippen LogP contribution in [-0.2, 0) is 27.5 Å². The van der Waals surface area contributed by atoms with Crippen molar-refractivity contribution in [1.82, 2.24) is 0 Å². The van der Waals surface area contributed by atoms with Crippen LogP contribution < -0.4 is 12.4 Å². The van der Waals surface area contributed by atoms with E-state index < -0.39 is 8.80 Å². The highest BCUT2D eigenvalue weighted by molar-refractivity contribution is 6.61. The summed E-state index contributed by atoms with van der Waals surface area (Å²) in [5.74, 6) is 2.48. The van der Waals surface area contributed by atoms with Gasteiger partial charge in [0.1, 0.15) is 38.6 Å². The van der Waals surface area contributed by atoms with Crippen molar-refractivity contribution in [2.24, 2.45) is 0 Å². The Kier molecular flexibility index (Phi) is 17.8. The summed E-state index contributed by atoms with van der Waals surface area (Å²) in [6.07, 6.45) is 28.4. The smallest absolute Gasteiger partial charge is 0.698 e. The standard InChI is InChI=1S/C32H58NO6Si.ClH/c1-4-5-6-7-8-9-10-11-12-13-14-15-16-17-18-19-21-33(2,3)22-20-23-40(37-27-30-24-34-30,38-28-31-25-35-31)39-29-32-26-36-32;/h27-29H,4-26H2,1-3H3;1H/q+1;/p-1. The van der Waals surface area contributed by atoms with Gasteiger partial charge in [-0.2, -0.15) is 0 Å². The number of ether oxygens (including phenoxy) is 3. The maximum absolute atomic E-state index is 6.12. The molecule has 0 aliphatic carbocycles. The highest BCUT2D eigenvalue weighted by Gasteiger charge is 2.48. The van der Waals surface area contributed by atoms with Crippen molar-refractivity contribution in [2.45, 2.75) is 122 Å². The van der Waals surface area contributed by atoms with Gasteiger partial charge in [-0.1, -0.05) is 96.8 Å². The Hall–Kier alpha value is -1.51. The van der Waals surface area contributed by atoms with E-state index in [2.05, 4.69) is 21.0 Å². The minimum Gasteiger partial charge on any atom is -1.00 e. The van der Waals surface area contributed by atoms with Crippen LogP contribution in [0.25, 0.3) is 0 Å². The average molecular weight is 616 g/mol. The van der Waals surface area contributed by atoms with Crippen LogP contribution in [0.4, 0.5) is 0 Å². The lowest BCUT2D eigenvalue weighted by Crippen LogP contribution is -3.00. The van der Waals surface area contributed by atoms with Gasteiger partial charge in [-0.15, -0.1) is 0 Å². The summed E-state index contributed by atoms with van der Waals surface area (Å²) >= 11 is 0. The molecule has 0 N–H and O–H groups in total. The van der Waals surface area contributed by atoms with E-state index in [1.165, 1.54) is 109 Å². The topological polar surface area (TPSA) is 65.3 Å². The lowest BCUT2D eigenvalue weighted by Gasteiger charge is -2.31. The van der Waals surface area contributed by atoms with Gasteiger partial charge in [-0.05, 0) is 12.8 Å². The number of hydrogen-bond acceptors (Lipinski definition) is 6. The van der Waals surface area contributed by atoms with E-state index in [4.69, 9.17) is 27.5 Å². The second-order valence-electron chi connectivity index (χ2n) is 12.4. The van der Waals surface area contributed by atoms with E-state index in [-0.39, 0.29) is 12.4 Å². The lowest BCUT2D eigenvalue weighted by atomic mass is 10.0. The summed E-state index contributed by atoms with van der Waals surface area (Å²) < 4.78 is 35.0. The fourth-order valence-electron chi connectivity index (χ4n) is 4.98. The van der Waals surface area contributed by atoms with Gasteiger partial charge in [0.2, 0.25) is 0 Å². The first-order chi connectivity index (χ1) is 19.5. The van der Waals surface area contributed by atoms with Crippen LogP contribution in [0.2, 0.25) is 6.04 Å². The SMILES string of the molecule is CCCCCCCCCCCCCCCCCC[N+](C)(C)CCC[Si](OC=C1CO1)(OC=C1CO1)OC=C1CO1.[Cl-]. The fraction of sp³-hybridized carbons (Fsp3) is 0.812. The molecule has 0 amide bonds. The molecule has 7 nitrogen and oxygen atoms in total. The third-order valence-electron chi connectivity index (χ3n) is 7.91. The minimum absolute atomic E-state index is 0. The lowest BCUT2D eigenvalue weighted by molar-refractivity contribution is -0.890. The normalized spacial score (nSPS) is 19.5. The summed E-state index contributed by atoms with van der Waals surface area (Å²) in [6.45, 7) is 6.38. The zero-order chi connectivity index (χ0) is 28.4. The van der Waals surface area contributed by atoms with Gasteiger partial charge in [0.05, 0.1) is 33.2 Å². The maximum atomic E-state index is 6.12. The number of unbranched alkanes of at least 4 members (excludes halogenated alkanes) is 15. The van der Waals surface area contributed by atoms with Crippen molar-refractivity contribution < 1.29 is 44.4 Å². The molecule has 0 unspecified atom stereocenters. The summed E-state index contributed by atoms with van der Waals surface area (Å²) in [5.41, 5.74) is 0. The first-order valence-corrected chi connectivity index (χ1v) is 18.2. The molecule has 238 valence electrons. The summed E-state index contributed by atoms with van der Waals surface area (Å²) in [4.78, 5) is 0. The molecular formula is C32H58ClNO6Si. The van der Waals surface area contributed by atoms with Gasteiger partial charge >= 0.3 is 8.80 Å². The highest BCUT2D eigenvalue weighted by Crippen LogP contribution is 2.27. The molecule has 0 spiro atoms. The summed E-state index contributed by atoms with van der Waals surface area (Å²) in [6, 6.07) is 0.713. The molecule has 3 saturated heterocycles. The van der Waals surface area contributed by atoms with Gasteiger partial charge in [0.15, 0.2) is 17.3 Å². The molecule has 3 aliphatic heterocycles. The third kappa shape index (κ3) is 18.6. The molecule has 0 bridgehead atoms. The molecule has 0 aromatic heterocycles. The Balaban J connectivity index is 0.00000588. The number of hydrogen-bond donors (Lipinski definition) is 0. The van der Waals surface area contributed by atoms with E-state index in [9.17, 15) is 0 Å². The molecule has 3 fully saturated rings. The molecule has 9 heteroatoms. The third-order valence-corrected chi connectivity index (χ3v) is 10.3. The van der Waals surface area contributed by atoms with Crippen LogP contribution in [0.15, 0.2) is 36.1 Å². The molecule has 41 heavy (non-hydrogen) atoms. The predicted octanol–water partition coefficient (Wildman–Crippen LogP) is 5.32. The molecular weight excluding hydrogens is 558 g/mol. The zero-order valence-corrected chi connectivity index (χ0v) is 28.0. The maximum Gasteiger partial charge on any atom is 0.698 e. The Morgan fingerprint density at radius 2 is 0.878 bits per heavy atom. The number of halogens is 1. The second kappa shape index (κ2) is 20.4. The molecule has 3 heterocycles. The predicted molar refractivity (Wildman–Crippen MR) is 162 cm³/mol. The first kappa shape index (κ1) is 35.7. The van der Waals surface area contributed by atoms with Gasteiger partial charge in [0.25, 0.3) is 0 Å². The van der Waals surface area contributed by atoms with E-state index in [1.54, 1.807) is 18.8 Å². The number of rotatable bonds is 27. The van der Waals surface area contributed by atoms with Gasteiger partial charge < -0.3 is 44.4 Å². The largest absolute Gasteiger partial charge is 1.00 e. The van der Waals surface area contributed by atoms with Crippen LogP contribution in [0.1, 0.15) is 116 Å². The molecule has 0 aromatic rings. The Labute approximate surface area is 258 Å². The van der Waals surface area contributed by atoms with Crippen LogP contribution >= 0.6 is 0 Å². The summed E-state index contributed by atoms with van der Waals surface area (Å²) in [7, 11) is 1.64. The zero-order valence-electron chi connectivity index (χ0n) is 26.3. The fourth-order valence-corrected chi connectivity index (χ4v) is 7.02. The quantitative estimate of drug-likeness (QED) is 0.0410. The first-order valence-electron chi connectivity index (χ1n) is 16.3. The van der Waals surface area contributed by atoms with Gasteiger partial charge in [-0.3, -0.25) is 0 Å². The van der Waals surface area contributed by atoms with Crippen LogP contribution in [0, 0.1) is 0 Å². The number of quaternary nitrogens is 1. The van der Waals surface area contributed by atoms with Crippen molar-refractivity contribution in [3.8, 4) is 0 Å². The Morgan fingerprint density at radius 1 is 0.561 bits per heavy atom. The molecule has 0 radical (unpaired) electrons. The molecule has 0 atom stereocenters.